The fourth-order valence-electron chi connectivity index (χ4n) is 4.78. The molecule has 2 aliphatic rings. The van der Waals surface area contributed by atoms with Crippen LogP contribution in [0.15, 0.2) is 41.0 Å². The van der Waals surface area contributed by atoms with E-state index in [1.54, 1.807) is 29.8 Å². The Morgan fingerprint density at radius 2 is 2.00 bits per heavy atom. The van der Waals surface area contributed by atoms with Crippen molar-refractivity contribution in [3.63, 3.8) is 0 Å². The Morgan fingerprint density at radius 3 is 2.62 bits per heavy atom. The zero-order valence-corrected chi connectivity index (χ0v) is 18.8. The Morgan fingerprint density at radius 1 is 1.25 bits per heavy atom. The maximum absolute atomic E-state index is 11.2. The molecule has 8 nitrogen and oxygen atoms in total. The first-order valence-electron chi connectivity index (χ1n) is 10.8. The van der Waals surface area contributed by atoms with Gasteiger partial charge in [0.25, 0.3) is 0 Å². The first-order chi connectivity index (χ1) is 15.5. The first-order valence-corrected chi connectivity index (χ1v) is 11.6. The SMILES string of the molecule is CC(C)C1(C2CCN(c3ncnc4c(-c5ccc(C(=O)O)cc5)csc34)CC2)N=CON1. The highest BCUT2D eigenvalue weighted by molar-refractivity contribution is 7.18. The van der Waals surface area contributed by atoms with Gasteiger partial charge in [0.1, 0.15) is 12.1 Å². The summed E-state index contributed by atoms with van der Waals surface area (Å²) in [5.74, 6) is 0.756. The summed E-state index contributed by atoms with van der Waals surface area (Å²) in [6.07, 6.45) is 5.13. The van der Waals surface area contributed by atoms with Gasteiger partial charge in [-0.05, 0) is 36.5 Å². The first kappa shape index (κ1) is 20.8. The molecule has 0 bridgehead atoms. The molecule has 0 spiro atoms. The van der Waals surface area contributed by atoms with E-state index in [9.17, 15) is 4.79 Å². The highest BCUT2D eigenvalue weighted by Crippen LogP contribution is 2.41. The Balaban J connectivity index is 1.39. The normalized spacial score (nSPS) is 21.4. The van der Waals surface area contributed by atoms with Crippen LogP contribution in [0, 0.1) is 11.8 Å². The molecule has 1 atom stereocenters. The number of nitrogens with one attached hydrogen (secondary N) is 1. The van der Waals surface area contributed by atoms with E-state index >= 15 is 0 Å². The predicted octanol–water partition coefficient (Wildman–Crippen LogP) is 4.19. The van der Waals surface area contributed by atoms with Gasteiger partial charge in [0.15, 0.2) is 12.1 Å². The van der Waals surface area contributed by atoms with Crippen LogP contribution in [0.5, 0.6) is 0 Å². The Bertz CT molecular complexity index is 1170. The third-order valence-corrected chi connectivity index (χ3v) is 7.58. The second-order valence-electron chi connectivity index (χ2n) is 8.60. The Kier molecular flexibility index (Phi) is 5.30. The number of rotatable bonds is 5. The van der Waals surface area contributed by atoms with Gasteiger partial charge in [-0.15, -0.1) is 16.8 Å². The van der Waals surface area contributed by atoms with Crippen LogP contribution in [0.2, 0.25) is 0 Å². The van der Waals surface area contributed by atoms with Crippen LogP contribution in [0.1, 0.15) is 37.0 Å². The lowest BCUT2D eigenvalue weighted by molar-refractivity contribution is 0.0341. The van der Waals surface area contributed by atoms with E-state index < -0.39 is 5.97 Å². The van der Waals surface area contributed by atoms with Gasteiger partial charge in [0, 0.05) is 30.0 Å². The van der Waals surface area contributed by atoms with Crippen molar-refractivity contribution in [2.24, 2.45) is 16.8 Å². The lowest BCUT2D eigenvalue weighted by atomic mass is 9.78. The molecular weight excluding hydrogens is 426 g/mol. The average molecular weight is 452 g/mol. The number of hydrogen-bond donors (Lipinski definition) is 2. The van der Waals surface area contributed by atoms with E-state index in [2.05, 4.69) is 44.6 Å². The summed E-state index contributed by atoms with van der Waals surface area (Å²) in [7, 11) is 0. The van der Waals surface area contributed by atoms with Crippen LogP contribution >= 0.6 is 11.3 Å². The number of aromatic carboxylic acids is 1. The molecule has 5 rings (SSSR count). The quantitative estimate of drug-likeness (QED) is 0.600. The van der Waals surface area contributed by atoms with Crippen molar-refractivity contribution in [1.29, 1.82) is 0 Å². The van der Waals surface area contributed by atoms with Crippen molar-refractivity contribution < 1.29 is 14.7 Å². The maximum Gasteiger partial charge on any atom is 0.335 e. The summed E-state index contributed by atoms with van der Waals surface area (Å²) in [6.45, 7) is 6.14. The van der Waals surface area contributed by atoms with Gasteiger partial charge >= 0.3 is 5.97 Å². The Labute approximate surface area is 189 Å². The number of carbonyl (C=O) groups is 1. The maximum atomic E-state index is 11.2. The standard InChI is InChI=1S/C23H25N5O3S/c1-14(2)23(26-13-31-27-23)17-7-9-28(10-8-17)21-20-19(24-12-25-21)18(11-32-20)15-3-5-16(6-4-15)22(29)30/h3-6,11-14,17,27H,7-10H2,1-2H3,(H,29,30). The van der Waals surface area contributed by atoms with Gasteiger partial charge in [-0.1, -0.05) is 26.0 Å². The molecule has 1 fully saturated rings. The van der Waals surface area contributed by atoms with Crippen LogP contribution in [0.25, 0.3) is 21.3 Å². The number of aromatic nitrogens is 2. The molecule has 1 saturated heterocycles. The number of aliphatic imine (C=N–C) groups is 1. The fraction of sp³-hybridized carbons (Fsp3) is 0.391. The number of benzene rings is 1. The topological polar surface area (TPSA) is 99.9 Å². The Hall–Kier alpha value is -3.04. The third-order valence-electron chi connectivity index (χ3n) is 6.62. The molecule has 4 heterocycles. The van der Waals surface area contributed by atoms with Gasteiger partial charge < -0.3 is 14.8 Å². The summed E-state index contributed by atoms with van der Waals surface area (Å²) in [4.78, 5) is 32.6. The summed E-state index contributed by atoms with van der Waals surface area (Å²) in [5, 5.41) is 11.2. The molecule has 1 aromatic carbocycles. The average Bonchev–Trinajstić information content (AvgIpc) is 3.47. The van der Waals surface area contributed by atoms with Crippen molar-refractivity contribution >= 4 is 39.7 Å². The molecular formula is C23H25N5O3S. The van der Waals surface area contributed by atoms with Crippen LogP contribution in [-0.4, -0.2) is 46.2 Å². The number of carboxylic acid groups (broad SMARTS) is 1. The summed E-state index contributed by atoms with van der Waals surface area (Å²) >= 11 is 1.63. The molecule has 166 valence electrons. The highest BCUT2D eigenvalue weighted by Gasteiger charge is 2.45. The fourth-order valence-corrected chi connectivity index (χ4v) is 5.82. The van der Waals surface area contributed by atoms with Crippen LogP contribution in [0.4, 0.5) is 5.82 Å². The van der Waals surface area contributed by atoms with Gasteiger partial charge in [-0.25, -0.2) is 19.8 Å². The molecule has 9 heteroatoms. The summed E-state index contributed by atoms with van der Waals surface area (Å²) in [6, 6.07) is 6.92. The number of nitrogens with zero attached hydrogens (tertiary/aromatic N) is 4. The minimum atomic E-state index is -0.927. The molecule has 0 saturated carbocycles. The second kappa shape index (κ2) is 8.14. The van der Waals surface area contributed by atoms with Gasteiger partial charge in [-0.3, -0.25) is 0 Å². The van der Waals surface area contributed by atoms with E-state index in [-0.39, 0.29) is 11.2 Å². The minimum Gasteiger partial charge on any atom is -0.478 e. The summed E-state index contributed by atoms with van der Waals surface area (Å²) < 4.78 is 1.06. The van der Waals surface area contributed by atoms with Gasteiger partial charge in [0.05, 0.1) is 15.8 Å². The highest BCUT2D eigenvalue weighted by atomic mass is 32.1. The predicted molar refractivity (Wildman–Crippen MR) is 125 cm³/mol. The number of carboxylic acids is 1. The molecule has 0 aliphatic carbocycles. The van der Waals surface area contributed by atoms with Crippen molar-refractivity contribution in [1.82, 2.24) is 15.4 Å². The summed E-state index contributed by atoms with van der Waals surface area (Å²) in [5.41, 5.74) is 5.93. The number of anilines is 1. The second-order valence-corrected chi connectivity index (χ2v) is 9.48. The molecule has 2 N–H and O–H groups in total. The van der Waals surface area contributed by atoms with E-state index in [0.717, 1.165) is 53.1 Å². The number of thiophene rings is 1. The number of hydroxylamine groups is 1. The lowest BCUT2D eigenvalue weighted by Crippen LogP contribution is -2.54. The lowest BCUT2D eigenvalue weighted by Gasteiger charge is -2.42. The monoisotopic (exact) mass is 451 g/mol. The van der Waals surface area contributed by atoms with E-state index in [1.807, 2.05) is 12.1 Å². The van der Waals surface area contributed by atoms with Crippen molar-refractivity contribution in [3.8, 4) is 11.1 Å². The van der Waals surface area contributed by atoms with Gasteiger partial charge in [-0.2, -0.15) is 0 Å². The molecule has 1 unspecified atom stereocenters. The molecule has 0 amide bonds. The number of fused-ring (bicyclic) bond motifs is 1. The number of piperidine rings is 1. The molecule has 2 aliphatic heterocycles. The molecule has 32 heavy (non-hydrogen) atoms. The van der Waals surface area contributed by atoms with E-state index in [4.69, 9.17) is 9.94 Å². The van der Waals surface area contributed by atoms with Gasteiger partial charge in [0.2, 0.25) is 0 Å². The van der Waals surface area contributed by atoms with E-state index in [0.29, 0.717) is 11.8 Å². The third kappa shape index (κ3) is 3.41. The largest absolute Gasteiger partial charge is 0.478 e. The zero-order chi connectivity index (χ0) is 22.3. The molecule has 0 radical (unpaired) electrons. The molecule has 2 aromatic heterocycles. The number of hydrogen-bond acceptors (Lipinski definition) is 8. The van der Waals surface area contributed by atoms with Crippen molar-refractivity contribution in [3.05, 3.63) is 41.5 Å². The van der Waals surface area contributed by atoms with Crippen molar-refractivity contribution in [2.75, 3.05) is 18.0 Å². The van der Waals surface area contributed by atoms with Crippen LogP contribution in [-0.2, 0) is 4.84 Å². The zero-order valence-electron chi connectivity index (χ0n) is 18.0. The van der Waals surface area contributed by atoms with Crippen LogP contribution in [0.3, 0.4) is 0 Å². The van der Waals surface area contributed by atoms with E-state index in [1.165, 1.54) is 6.40 Å². The van der Waals surface area contributed by atoms with Crippen molar-refractivity contribution in [2.45, 2.75) is 32.4 Å². The minimum absolute atomic E-state index is 0.275. The van der Waals surface area contributed by atoms with Crippen LogP contribution < -0.4 is 10.4 Å². The smallest absolute Gasteiger partial charge is 0.335 e. The molecule has 3 aromatic rings.